The molecule has 3 rings (SSSR count). The highest BCUT2D eigenvalue weighted by Gasteiger charge is 2.26. The van der Waals surface area contributed by atoms with Crippen LogP contribution in [0.25, 0.3) is 0 Å². The molecule has 0 unspecified atom stereocenters. The van der Waals surface area contributed by atoms with Gasteiger partial charge in [0.25, 0.3) is 0 Å². The molecule has 0 atom stereocenters. The molecule has 2 aliphatic rings. The Bertz CT molecular complexity index is 472. The number of carbonyl (C=O) groups is 1. The van der Waals surface area contributed by atoms with E-state index in [1.807, 2.05) is 0 Å². The Morgan fingerprint density at radius 2 is 2.00 bits per heavy atom. The zero-order valence-corrected chi connectivity index (χ0v) is 11.7. The van der Waals surface area contributed by atoms with Crippen molar-refractivity contribution in [3.63, 3.8) is 0 Å². The van der Waals surface area contributed by atoms with Gasteiger partial charge in [-0.1, -0.05) is 12.8 Å². The van der Waals surface area contributed by atoms with E-state index in [2.05, 4.69) is 10.00 Å². The smallest absolute Gasteiger partial charge is 0.217 e. The van der Waals surface area contributed by atoms with Gasteiger partial charge in [-0.05, 0) is 44.1 Å². The van der Waals surface area contributed by atoms with Crippen LogP contribution in [0.3, 0.4) is 0 Å². The highest BCUT2D eigenvalue weighted by molar-refractivity contribution is 5.72. The van der Waals surface area contributed by atoms with Crippen molar-refractivity contribution in [3.05, 3.63) is 17.0 Å². The Morgan fingerprint density at radius 3 is 2.74 bits per heavy atom. The summed E-state index contributed by atoms with van der Waals surface area (Å²) in [6.07, 6.45) is 10.1. The van der Waals surface area contributed by atoms with Gasteiger partial charge < -0.3 is 5.32 Å². The van der Waals surface area contributed by atoms with Gasteiger partial charge in [0.15, 0.2) is 0 Å². The quantitative estimate of drug-likeness (QED) is 0.908. The standard InChI is InChI=1S/C15H23N3O/c1-11(19)16-10-14-13-8-4-5-9-15(13)18(17-14)12-6-2-3-7-12/h12H,2-10H2,1H3,(H,16,19). The van der Waals surface area contributed by atoms with Gasteiger partial charge in [0.05, 0.1) is 18.3 Å². The Morgan fingerprint density at radius 1 is 1.26 bits per heavy atom. The van der Waals surface area contributed by atoms with Crippen LogP contribution in [0.15, 0.2) is 0 Å². The minimum absolute atomic E-state index is 0.0278. The first-order valence-corrected chi connectivity index (χ1v) is 7.59. The van der Waals surface area contributed by atoms with Crippen LogP contribution >= 0.6 is 0 Å². The lowest BCUT2D eigenvalue weighted by Gasteiger charge is -2.18. The fourth-order valence-corrected chi connectivity index (χ4v) is 3.50. The van der Waals surface area contributed by atoms with Gasteiger partial charge >= 0.3 is 0 Å². The molecule has 1 amide bonds. The normalized spacial score (nSPS) is 19.4. The number of hydrogen-bond donors (Lipinski definition) is 1. The van der Waals surface area contributed by atoms with Crippen LogP contribution in [-0.2, 0) is 24.2 Å². The van der Waals surface area contributed by atoms with E-state index in [1.54, 1.807) is 6.92 Å². The molecule has 1 aromatic rings. The van der Waals surface area contributed by atoms with Gasteiger partial charge in [-0.25, -0.2) is 0 Å². The lowest BCUT2D eigenvalue weighted by Crippen LogP contribution is -2.20. The Labute approximate surface area is 114 Å². The maximum Gasteiger partial charge on any atom is 0.217 e. The summed E-state index contributed by atoms with van der Waals surface area (Å²) < 4.78 is 2.30. The molecule has 1 N–H and O–H groups in total. The number of rotatable bonds is 3. The first-order chi connectivity index (χ1) is 9.25. The molecule has 104 valence electrons. The Hall–Kier alpha value is -1.32. The molecule has 0 bridgehead atoms. The zero-order valence-electron chi connectivity index (χ0n) is 11.7. The summed E-state index contributed by atoms with van der Waals surface area (Å²) in [4.78, 5) is 11.1. The van der Waals surface area contributed by atoms with E-state index < -0.39 is 0 Å². The van der Waals surface area contributed by atoms with Crippen molar-refractivity contribution in [3.8, 4) is 0 Å². The first kappa shape index (κ1) is 12.7. The summed E-state index contributed by atoms with van der Waals surface area (Å²) >= 11 is 0. The molecular formula is C15H23N3O. The summed E-state index contributed by atoms with van der Waals surface area (Å²) in [6.45, 7) is 2.16. The fourth-order valence-electron chi connectivity index (χ4n) is 3.50. The Balaban J connectivity index is 1.88. The van der Waals surface area contributed by atoms with Crippen molar-refractivity contribution in [2.75, 3.05) is 0 Å². The summed E-state index contributed by atoms with van der Waals surface area (Å²) in [6, 6.07) is 0.609. The summed E-state index contributed by atoms with van der Waals surface area (Å²) in [5.74, 6) is 0.0278. The van der Waals surface area contributed by atoms with E-state index in [0.717, 1.165) is 12.1 Å². The molecule has 4 heteroatoms. The number of nitrogens with zero attached hydrogens (tertiary/aromatic N) is 2. The van der Waals surface area contributed by atoms with Gasteiger partial charge in [-0.15, -0.1) is 0 Å². The molecule has 0 spiro atoms. The minimum Gasteiger partial charge on any atom is -0.351 e. The second-order valence-corrected chi connectivity index (χ2v) is 5.87. The minimum atomic E-state index is 0.0278. The van der Waals surface area contributed by atoms with Crippen LogP contribution in [-0.4, -0.2) is 15.7 Å². The molecule has 1 saturated carbocycles. The van der Waals surface area contributed by atoms with Crippen molar-refractivity contribution >= 4 is 5.91 Å². The monoisotopic (exact) mass is 261 g/mol. The van der Waals surface area contributed by atoms with Crippen LogP contribution in [0.1, 0.15) is 68.4 Å². The molecule has 0 aromatic carbocycles. The van der Waals surface area contributed by atoms with Gasteiger partial charge in [-0.2, -0.15) is 5.10 Å². The molecule has 1 fully saturated rings. The summed E-state index contributed by atoms with van der Waals surface area (Å²) in [5.41, 5.74) is 3.99. The van der Waals surface area contributed by atoms with E-state index in [4.69, 9.17) is 5.10 Å². The topological polar surface area (TPSA) is 46.9 Å². The van der Waals surface area contributed by atoms with Crippen molar-refractivity contribution in [1.29, 1.82) is 0 Å². The van der Waals surface area contributed by atoms with Crippen LogP contribution in [0.4, 0.5) is 0 Å². The molecule has 2 aliphatic carbocycles. The third-order valence-corrected chi connectivity index (χ3v) is 4.47. The van der Waals surface area contributed by atoms with E-state index in [-0.39, 0.29) is 5.91 Å². The maximum absolute atomic E-state index is 11.1. The molecule has 1 aromatic heterocycles. The van der Waals surface area contributed by atoms with Gasteiger partial charge in [0, 0.05) is 12.6 Å². The second kappa shape index (κ2) is 5.35. The molecule has 0 radical (unpaired) electrons. The molecule has 1 heterocycles. The van der Waals surface area contributed by atoms with Crippen LogP contribution < -0.4 is 5.32 Å². The zero-order chi connectivity index (χ0) is 13.2. The van der Waals surface area contributed by atoms with Crippen molar-refractivity contribution in [2.24, 2.45) is 0 Å². The average Bonchev–Trinajstić information content (AvgIpc) is 3.03. The third kappa shape index (κ3) is 2.53. The van der Waals surface area contributed by atoms with Crippen LogP contribution in [0.2, 0.25) is 0 Å². The number of fused-ring (bicyclic) bond motifs is 1. The van der Waals surface area contributed by atoms with E-state index in [9.17, 15) is 4.79 Å². The number of aromatic nitrogens is 2. The summed E-state index contributed by atoms with van der Waals surface area (Å²) in [7, 11) is 0. The van der Waals surface area contributed by atoms with Gasteiger partial charge in [0.2, 0.25) is 5.91 Å². The number of hydrogen-bond acceptors (Lipinski definition) is 2. The molecular weight excluding hydrogens is 238 g/mol. The predicted octanol–water partition coefficient (Wildman–Crippen LogP) is 2.51. The number of carbonyl (C=O) groups excluding carboxylic acids is 1. The predicted molar refractivity (Wildman–Crippen MR) is 73.9 cm³/mol. The lowest BCUT2D eigenvalue weighted by molar-refractivity contribution is -0.119. The van der Waals surface area contributed by atoms with Crippen molar-refractivity contribution in [2.45, 2.75) is 70.9 Å². The van der Waals surface area contributed by atoms with E-state index in [0.29, 0.717) is 12.6 Å². The molecule has 0 saturated heterocycles. The SMILES string of the molecule is CC(=O)NCc1nn(C2CCCC2)c2c1CCCC2. The van der Waals surface area contributed by atoms with Gasteiger partial charge in [0.1, 0.15) is 0 Å². The average molecular weight is 261 g/mol. The van der Waals surface area contributed by atoms with E-state index in [1.165, 1.54) is 56.2 Å². The number of amides is 1. The lowest BCUT2D eigenvalue weighted by atomic mass is 9.95. The third-order valence-electron chi connectivity index (χ3n) is 4.47. The molecule has 4 nitrogen and oxygen atoms in total. The first-order valence-electron chi connectivity index (χ1n) is 7.59. The van der Waals surface area contributed by atoms with Crippen molar-refractivity contribution in [1.82, 2.24) is 15.1 Å². The van der Waals surface area contributed by atoms with Crippen molar-refractivity contribution < 1.29 is 4.79 Å². The molecule has 19 heavy (non-hydrogen) atoms. The fraction of sp³-hybridized carbons (Fsp3) is 0.733. The largest absolute Gasteiger partial charge is 0.351 e. The molecule has 0 aliphatic heterocycles. The van der Waals surface area contributed by atoms with Crippen LogP contribution in [0.5, 0.6) is 0 Å². The van der Waals surface area contributed by atoms with E-state index >= 15 is 0 Å². The summed E-state index contributed by atoms with van der Waals surface area (Å²) in [5, 5.41) is 7.75. The number of nitrogens with one attached hydrogen (secondary N) is 1. The highest BCUT2D eigenvalue weighted by atomic mass is 16.1. The highest BCUT2D eigenvalue weighted by Crippen LogP contribution is 2.34. The van der Waals surface area contributed by atoms with Crippen LogP contribution in [0, 0.1) is 0 Å². The second-order valence-electron chi connectivity index (χ2n) is 5.87. The van der Waals surface area contributed by atoms with Gasteiger partial charge in [-0.3, -0.25) is 9.48 Å². The Kier molecular flexibility index (Phi) is 3.58. The maximum atomic E-state index is 11.1.